The average molecular weight is 354 g/mol. The van der Waals surface area contributed by atoms with Crippen LogP contribution in [0.2, 0.25) is 5.02 Å². The molecule has 0 saturated heterocycles. The van der Waals surface area contributed by atoms with Gasteiger partial charge in [0.25, 0.3) is 0 Å². The molecule has 1 aromatic carbocycles. The molecule has 1 N–H and O–H groups in total. The van der Waals surface area contributed by atoms with Crippen molar-refractivity contribution < 1.29 is 0 Å². The number of nitriles is 1. The van der Waals surface area contributed by atoms with Crippen LogP contribution in [0.3, 0.4) is 0 Å². The molecule has 0 amide bonds. The van der Waals surface area contributed by atoms with Gasteiger partial charge in [-0.15, -0.1) is 0 Å². The summed E-state index contributed by atoms with van der Waals surface area (Å²) in [5.74, 6) is 1.61. The molecular formula is C16H18BrClN2. The predicted molar refractivity (Wildman–Crippen MR) is 85.8 cm³/mol. The van der Waals surface area contributed by atoms with E-state index in [0.717, 1.165) is 41.3 Å². The third-order valence-corrected chi connectivity index (χ3v) is 5.81. The maximum absolute atomic E-state index is 9.70. The number of benzene rings is 1. The molecule has 2 aliphatic rings. The number of halogens is 2. The first-order chi connectivity index (χ1) is 9.62. The van der Waals surface area contributed by atoms with E-state index in [-0.39, 0.29) is 0 Å². The minimum atomic E-state index is -0.404. The van der Waals surface area contributed by atoms with Crippen LogP contribution in [-0.4, -0.2) is 5.54 Å². The Balaban J connectivity index is 1.78. The molecule has 0 aromatic heterocycles. The minimum absolute atomic E-state index is 0.404. The molecule has 106 valence electrons. The van der Waals surface area contributed by atoms with Crippen LogP contribution in [0.5, 0.6) is 0 Å². The van der Waals surface area contributed by atoms with E-state index >= 15 is 0 Å². The lowest BCUT2D eigenvalue weighted by molar-refractivity contribution is 0.263. The summed E-state index contributed by atoms with van der Waals surface area (Å²) in [5, 5.41) is 13.9. The van der Waals surface area contributed by atoms with Crippen LogP contribution in [0.25, 0.3) is 0 Å². The van der Waals surface area contributed by atoms with E-state index < -0.39 is 5.54 Å². The van der Waals surface area contributed by atoms with Gasteiger partial charge in [-0.1, -0.05) is 11.6 Å². The second kappa shape index (κ2) is 5.58. The van der Waals surface area contributed by atoms with Gasteiger partial charge in [0.2, 0.25) is 0 Å². The summed E-state index contributed by atoms with van der Waals surface area (Å²) < 4.78 is 0.867. The van der Waals surface area contributed by atoms with Crippen LogP contribution < -0.4 is 5.32 Å². The highest BCUT2D eigenvalue weighted by atomic mass is 79.9. The smallest absolute Gasteiger partial charge is 0.125 e. The molecule has 2 aliphatic carbocycles. The SMILES string of the molecule is N#CC1(Nc2ccc(Cl)c(Br)c2)CCCC(C2CC2)C1. The molecule has 2 nitrogen and oxygen atoms in total. The molecule has 2 saturated carbocycles. The topological polar surface area (TPSA) is 35.8 Å². The van der Waals surface area contributed by atoms with E-state index in [4.69, 9.17) is 11.6 Å². The highest BCUT2D eigenvalue weighted by Gasteiger charge is 2.42. The first kappa shape index (κ1) is 14.2. The van der Waals surface area contributed by atoms with Crippen molar-refractivity contribution in [2.75, 3.05) is 5.32 Å². The lowest BCUT2D eigenvalue weighted by Crippen LogP contribution is -2.42. The van der Waals surface area contributed by atoms with Gasteiger partial charge in [0.1, 0.15) is 5.54 Å². The molecule has 2 atom stereocenters. The quantitative estimate of drug-likeness (QED) is 0.792. The zero-order valence-electron chi connectivity index (χ0n) is 11.3. The standard InChI is InChI=1S/C16H18BrClN2/c17-14-8-13(5-6-15(14)18)20-16(10-19)7-1-2-12(9-16)11-3-4-11/h5-6,8,11-12,20H,1-4,7,9H2. The van der Waals surface area contributed by atoms with Crippen LogP contribution in [0.1, 0.15) is 38.5 Å². The van der Waals surface area contributed by atoms with Crippen LogP contribution in [-0.2, 0) is 0 Å². The van der Waals surface area contributed by atoms with E-state index in [0.29, 0.717) is 5.02 Å². The molecule has 0 spiro atoms. The van der Waals surface area contributed by atoms with E-state index in [1.807, 2.05) is 18.2 Å². The van der Waals surface area contributed by atoms with Crippen molar-refractivity contribution in [3.63, 3.8) is 0 Å². The molecule has 3 rings (SSSR count). The number of hydrogen-bond acceptors (Lipinski definition) is 2. The minimum Gasteiger partial charge on any atom is -0.367 e. The number of hydrogen-bond donors (Lipinski definition) is 1. The fourth-order valence-corrected chi connectivity index (χ4v) is 3.88. The normalized spacial score (nSPS) is 29.8. The zero-order chi connectivity index (χ0) is 14.2. The van der Waals surface area contributed by atoms with Crippen molar-refractivity contribution in [2.24, 2.45) is 11.8 Å². The second-order valence-electron chi connectivity index (χ2n) is 6.14. The van der Waals surface area contributed by atoms with Gasteiger partial charge in [-0.25, -0.2) is 0 Å². The second-order valence-corrected chi connectivity index (χ2v) is 7.40. The summed E-state index contributed by atoms with van der Waals surface area (Å²) in [7, 11) is 0. The van der Waals surface area contributed by atoms with Gasteiger partial charge in [-0.3, -0.25) is 0 Å². The summed E-state index contributed by atoms with van der Waals surface area (Å²) >= 11 is 9.47. The van der Waals surface area contributed by atoms with Gasteiger partial charge < -0.3 is 5.32 Å². The predicted octanol–water partition coefficient (Wildman–Crippen LogP) is 5.38. The van der Waals surface area contributed by atoms with Gasteiger partial charge >= 0.3 is 0 Å². The monoisotopic (exact) mass is 352 g/mol. The van der Waals surface area contributed by atoms with Crippen LogP contribution in [0.4, 0.5) is 5.69 Å². The zero-order valence-corrected chi connectivity index (χ0v) is 13.7. The van der Waals surface area contributed by atoms with Crippen LogP contribution >= 0.6 is 27.5 Å². The molecule has 0 radical (unpaired) electrons. The van der Waals surface area contributed by atoms with Gasteiger partial charge in [0.15, 0.2) is 0 Å². The van der Waals surface area contributed by atoms with Gasteiger partial charge in [-0.05, 0) is 84.5 Å². The molecule has 0 heterocycles. The summed E-state index contributed by atoms with van der Waals surface area (Å²) in [5.41, 5.74) is 0.568. The van der Waals surface area contributed by atoms with Crippen molar-refractivity contribution in [2.45, 2.75) is 44.1 Å². The van der Waals surface area contributed by atoms with Crippen molar-refractivity contribution in [1.82, 2.24) is 0 Å². The molecule has 2 unspecified atom stereocenters. The summed E-state index contributed by atoms with van der Waals surface area (Å²) in [6, 6.07) is 8.33. The molecule has 2 fully saturated rings. The van der Waals surface area contributed by atoms with E-state index in [2.05, 4.69) is 27.3 Å². The Labute approximate surface area is 133 Å². The number of anilines is 1. The Hall–Kier alpha value is -0.720. The van der Waals surface area contributed by atoms with Crippen molar-refractivity contribution in [3.05, 3.63) is 27.7 Å². The lowest BCUT2D eigenvalue weighted by atomic mass is 9.74. The number of nitrogens with one attached hydrogen (secondary N) is 1. The molecule has 1 aromatic rings. The molecule has 0 bridgehead atoms. The fourth-order valence-electron chi connectivity index (χ4n) is 3.38. The summed E-state index contributed by atoms with van der Waals surface area (Å²) in [6.07, 6.45) is 7.08. The van der Waals surface area contributed by atoms with Gasteiger partial charge in [-0.2, -0.15) is 5.26 Å². The molecule has 0 aliphatic heterocycles. The largest absolute Gasteiger partial charge is 0.367 e. The van der Waals surface area contributed by atoms with E-state index in [1.165, 1.54) is 19.3 Å². The third kappa shape index (κ3) is 2.97. The van der Waals surface area contributed by atoms with E-state index in [1.54, 1.807) is 0 Å². The number of rotatable bonds is 3. The average Bonchev–Trinajstić information content (AvgIpc) is 3.28. The van der Waals surface area contributed by atoms with Crippen LogP contribution in [0.15, 0.2) is 22.7 Å². The van der Waals surface area contributed by atoms with Crippen molar-refractivity contribution in [3.8, 4) is 6.07 Å². The fraction of sp³-hybridized carbons (Fsp3) is 0.562. The molecular weight excluding hydrogens is 336 g/mol. The first-order valence-electron chi connectivity index (χ1n) is 7.26. The van der Waals surface area contributed by atoms with Crippen molar-refractivity contribution >= 4 is 33.2 Å². The van der Waals surface area contributed by atoms with E-state index in [9.17, 15) is 5.26 Å². The van der Waals surface area contributed by atoms with Crippen LogP contribution in [0, 0.1) is 23.2 Å². The first-order valence-corrected chi connectivity index (χ1v) is 8.43. The number of nitrogens with zero attached hydrogens (tertiary/aromatic N) is 1. The Kier molecular flexibility index (Phi) is 3.97. The Morgan fingerprint density at radius 3 is 2.75 bits per heavy atom. The maximum atomic E-state index is 9.70. The lowest BCUT2D eigenvalue weighted by Gasteiger charge is -2.37. The Morgan fingerprint density at radius 1 is 1.30 bits per heavy atom. The maximum Gasteiger partial charge on any atom is 0.125 e. The van der Waals surface area contributed by atoms with Gasteiger partial charge in [0.05, 0.1) is 11.1 Å². The van der Waals surface area contributed by atoms with Crippen molar-refractivity contribution in [1.29, 1.82) is 5.26 Å². The van der Waals surface area contributed by atoms with Gasteiger partial charge in [0, 0.05) is 10.2 Å². The highest BCUT2D eigenvalue weighted by Crippen LogP contribution is 2.47. The third-order valence-electron chi connectivity index (χ3n) is 4.60. The Bertz CT molecular complexity index is 550. The molecule has 20 heavy (non-hydrogen) atoms. The molecule has 4 heteroatoms. The Morgan fingerprint density at radius 2 is 2.10 bits per heavy atom. The summed E-state index contributed by atoms with van der Waals surface area (Å²) in [6.45, 7) is 0. The summed E-state index contributed by atoms with van der Waals surface area (Å²) in [4.78, 5) is 0. The highest BCUT2D eigenvalue weighted by molar-refractivity contribution is 9.10.